The fourth-order valence-corrected chi connectivity index (χ4v) is 2.00. The highest BCUT2D eigenvalue weighted by molar-refractivity contribution is 5.79. The first kappa shape index (κ1) is 19.8. The Morgan fingerprint density at radius 1 is 0.917 bits per heavy atom. The lowest BCUT2D eigenvalue weighted by Crippen LogP contribution is -2.39. The molecule has 7 heteroatoms. The molecule has 0 unspecified atom stereocenters. The van der Waals surface area contributed by atoms with Crippen molar-refractivity contribution >= 4 is 11.8 Å². The normalized spacial score (nSPS) is 12.2. The highest BCUT2D eigenvalue weighted by Gasteiger charge is 2.16. The molecule has 0 aromatic carbocycles. The lowest BCUT2D eigenvalue weighted by atomic mass is 10.2. The third-order valence-electron chi connectivity index (χ3n) is 3.67. The van der Waals surface area contributed by atoms with E-state index in [0.29, 0.717) is 17.9 Å². The van der Waals surface area contributed by atoms with Gasteiger partial charge in [-0.1, -0.05) is 31.2 Å². The third kappa shape index (κ3) is 8.38. The summed E-state index contributed by atoms with van der Waals surface area (Å²) in [5, 5.41) is 11.3. The van der Waals surface area contributed by atoms with Crippen molar-refractivity contribution in [2.45, 2.75) is 26.2 Å². The van der Waals surface area contributed by atoms with Crippen LogP contribution >= 0.6 is 0 Å². The zero-order valence-electron chi connectivity index (χ0n) is 14.5. The molecule has 0 heterocycles. The Labute approximate surface area is 143 Å². The van der Waals surface area contributed by atoms with E-state index in [9.17, 15) is 9.59 Å². The average molecular weight is 335 g/mol. The van der Waals surface area contributed by atoms with Gasteiger partial charge in [0, 0.05) is 24.5 Å². The van der Waals surface area contributed by atoms with Crippen molar-refractivity contribution in [3.05, 3.63) is 35.7 Å². The summed E-state index contributed by atoms with van der Waals surface area (Å²) in [5.41, 5.74) is 9.35. The third-order valence-corrected chi connectivity index (χ3v) is 3.67. The van der Waals surface area contributed by atoms with Crippen molar-refractivity contribution in [3.63, 3.8) is 0 Å². The maximum absolute atomic E-state index is 11.8. The number of allylic oxidation sites excluding steroid dienone is 1. The molecule has 1 fully saturated rings. The van der Waals surface area contributed by atoms with Gasteiger partial charge in [-0.3, -0.25) is 9.59 Å². The van der Waals surface area contributed by atoms with Gasteiger partial charge in [0.05, 0.1) is 19.6 Å². The van der Waals surface area contributed by atoms with E-state index in [1.54, 1.807) is 0 Å². The van der Waals surface area contributed by atoms with Gasteiger partial charge in [0.2, 0.25) is 11.8 Å². The van der Waals surface area contributed by atoms with Crippen LogP contribution in [-0.4, -0.2) is 44.5 Å². The van der Waals surface area contributed by atoms with Crippen LogP contribution in [0.25, 0.3) is 0 Å². The van der Waals surface area contributed by atoms with E-state index in [2.05, 4.69) is 41.3 Å². The molecule has 0 atom stereocenters. The molecule has 0 aromatic rings. The van der Waals surface area contributed by atoms with Crippen molar-refractivity contribution in [2.24, 2.45) is 5.73 Å². The fraction of sp³-hybridized carbons (Fsp3) is 0.529. The summed E-state index contributed by atoms with van der Waals surface area (Å²) < 4.78 is 0. The Bertz CT molecular complexity index is 519. The molecule has 2 amide bonds. The van der Waals surface area contributed by atoms with E-state index >= 15 is 0 Å². The molecule has 0 bridgehead atoms. The van der Waals surface area contributed by atoms with Crippen LogP contribution in [0, 0.1) is 0 Å². The quantitative estimate of drug-likeness (QED) is 0.320. The van der Waals surface area contributed by atoms with Crippen LogP contribution in [0.2, 0.25) is 0 Å². The summed E-state index contributed by atoms with van der Waals surface area (Å²) >= 11 is 0. The van der Waals surface area contributed by atoms with Gasteiger partial charge in [0.1, 0.15) is 0 Å². The second-order valence-corrected chi connectivity index (χ2v) is 5.73. The highest BCUT2D eigenvalue weighted by Crippen LogP contribution is 2.32. The minimum atomic E-state index is -0.194. The number of nitrogens with one attached hydrogen (secondary N) is 4. The van der Waals surface area contributed by atoms with Crippen LogP contribution in [0.1, 0.15) is 26.2 Å². The summed E-state index contributed by atoms with van der Waals surface area (Å²) in [6, 6.07) is 0. The second kappa shape index (κ2) is 10.5. The van der Waals surface area contributed by atoms with Gasteiger partial charge in [0.15, 0.2) is 0 Å². The molecular weight excluding hydrogens is 306 g/mol. The van der Waals surface area contributed by atoms with E-state index in [4.69, 9.17) is 5.73 Å². The number of hydrogen-bond acceptors (Lipinski definition) is 5. The number of amides is 2. The molecule has 1 aliphatic carbocycles. The zero-order valence-corrected chi connectivity index (χ0v) is 14.5. The highest BCUT2D eigenvalue weighted by atomic mass is 16.2. The Morgan fingerprint density at radius 2 is 1.46 bits per heavy atom. The lowest BCUT2D eigenvalue weighted by molar-refractivity contribution is -0.120. The summed E-state index contributed by atoms with van der Waals surface area (Å²) in [6.45, 7) is 10.9. The largest absolute Gasteiger partial charge is 0.379 e. The Kier molecular flexibility index (Phi) is 8.64. The first-order valence-electron chi connectivity index (χ1n) is 8.22. The van der Waals surface area contributed by atoms with Crippen molar-refractivity contribution in [1.29, 1.82) is 0 Å². The standard InChI is InChI=1S/C17H29N5O2/c1-4-14(15-5-6-15)9-22-17(24)11-20-13(3)8-21-16(23)10-19-12(2)7-18/h19-20H,2-11,18H2,1H3,(H,21,23)(H,22,24). The zero-order chi connectivity index (χ0) is 17.9. The monoisotopic (exact) mass is 335 g/mol. The van der Waals surface area contributed by atoms with Gasteiger partial charge in [-0.2, -0.15) is 0 Å². The molecule has 0 saturated heterocycles. The van der Waals surface area contributed by atoms with E-state index in [1.807, 2.05) is 0 Å². The molecule has 0 aromatic heterocycles. The minimum absolute atomic E-state index is 0.0874. The van der Waals surface area contributed by atoms with Crippen LogP contribution in [0.3, 0.4) is 0 Å². The molecule has 0 radical (unpaired) electrons. The van der Waals surface area contributed by atoms with Crippen molar-refractivity contribution in [3.8, 4) is 0 Å². The Morgan fingerprint density at radius 3 is 1.96 bits per heavy atom. The minimum Gasteiger partial charge on any atom is -0.379 e. The number of rotatable bonds is 12. The topological polar surface area (TPSA) is 108 Å². The van der Waals surface area contributed by atoms with Gasteiger partial charge < -0.3 is 27.0 Å². The van der Waals surface area contributed by atoms with Crippen molar-refractivity contribution in [1.82, 2.24) is 21.3 Å². The SMILES string of the molecule is C=C(CN)NCC(=O)NCC(=C)NCC(=O)NCC(CC)=C1CC1. The maximum Gasteiger partial charge on any atom is 0.239 e. The maximum atomic E-state index is 11.8. The van der Waals surface area contributed by atoms with Gasteiger partial charge in [-0.15, -0.1) is 0 Å². The van der Waals surface area contributed by atoms with Gasteiger partial charge in [0.25, 0.3) is 0 Å². The van der Waals surface area contributed by atoms with Crippen molar-refractivity contribution < 1.29 is 9.59 Å². The Balaban J connectivity index is 2.12. The summed E-state index contributed by atoms with van der Waals surface area (Å²) in [5.74, 6) is -0.281. The Hall–Kier alpha value is -2.28. The molecule has 6 N–H and O–H groups in total. The van der Waals surface area contributed by atoms with E-state index in [0.717, 1.165) is 6.42 Å². The van der Waals surface area contributed by atoms with Crippen LogP contribution in [0.4, 0.5) is 0 Å². The van der Waals surface area contributed by atoms with Gasteiger partial charge >= 0.3 is 0 Å². The molecule has 24 heavy (non-hydrogen) atoms. The van der Waals surface area contributed by atoms with E-state index in [-0.39, 0.29) is 38.0 Å². The predicted octanol–water partition coefficient (Wildman–Crippen LogP) is -0.115. The molecule has 0 spiro atoms. The van der Waals surface area contributed by atoms with Crippen molar-refractivity contribution in [2.75, 3.05) is 32.7 Å². The van der Waals surface area contributed by atoms with Gasteiger partial charge in [-0.05, 0) is 19.3 Å². The number of carbonyl (C=O) groups is 2. The lowest BCUT2D eigenvalue weighted by Gasteiger charge is -2.12. The molecular formula is C17H29N5O2. The number of carbonyl (C=O) groups excluding carboxylic acids is 2. The summed E-state index contributed by atoms with van der Waals surface area (Å²) in [7, 11) is 0. The van der Waals surface area contributed by atoms with Crippen LogP contribution in [0.5, 0.6) is 0 Å². The van der Waals surface area contributed by atoms with E-state index < -0.39 is 0 Å². The molecule has 1 aliphatic rings. The number of nitrogens with two attached hydrogens (primary N) is 1. The molecule has 1 saturated carbocycles. The molecule has 1 rings (SSSR count). The van der Waals surface area contributed by atoms with E-state index in [1.165, 1.54) is 24.0 Å². The van der Waals surface area contributed by atoms with Crippen LogP contribution in [0.15, 0.2) is 35.7 Å². The molecule has 7 nitrogen and oxygen atoms in total. The molecule has 134 valence electrons. The van der Waals surface area contributed by atoms with Gasteiger partial charge in [-0.25, -0.2) is 0 Å². The summed E-state index contributed by atoms with van der Waals surface area (Å²) in [4.78, 5) is 23.4. The number of hydrogen-bond donors (Lipinski definition) is 5. The average Bonchev–Trinajstić information content (AvgIpc) is 3.41. The molecule has 0 aliphatic heterocycles. The second-order valence-electron chi connectivity index (χ2n) is 5.73. The first-order chi connectivity index (χ1) is 11.5. The predicted molar refractivity (Wildman–Crippen MR) is 95.9 cm³/mol. The van der Waals surface area contributed by atoms with Crippen LogP contribution < -0.4 is 27.0 Å². The summed E-state index contributed by atoms with van der Waals surface area (Å²) in [6.07, 6.45) is 3.31. The smallest absolute Gasteiger partial charge is 0.239 e. The first-order valence-corrected chi connectivity index (χ1v) is 8.22. The fourth-order valence-electron chi connectivity index (χ4n) is 2.00. The van der Waals surface area contributed by atoms with Crippen LogP contribution in [-0.2, 0) is 9.59 Å².